The van der Waals surface area contributed by atoms with Gasteiger partial charge >= 0.3 is 0 Å². The molecule has 0 spiro atoms. The molecular weight excluding hydrogens is 406 g/mol. The van der Waals surface area contributed by atoms with Crippen LogP contribution in [0.5, 0.6) is 0 Å². The molecule has 1 unspecified atom stereocenters. The molecule has 0 fully saturated rings. The summed E-state index contributed by atoms with van der Waals surface area (Å²) >= 11 is 2.56. The first-order valence-corrected chi connectivity index (χ1v) is 10.5. The zero-order valence-corrected chi connectivity index (χ0v) is 17.0. The number of furan rings is 1. The minimum Gasteiger partial charge on any atom is -0.461 e. The van der Waals surface area contributed by atoms with Crippen LogP contribution in [0.15, 0.2) is 63.7 Å². The predicted molar refractivity (Wildman–Crippen MR) is 110 cm³/mol. The van der Waals surface area contributed by atoms with E-state index >= 15 is 0 Å². The Bertz CT molecular complexity index is 1160. The fourth-order valence-electron chi connectivity index (χ4n) is 2.71. The molecule has 3 aromatic heterocycles. The first kappa shape index (κ1) is 19.1. The molecule has 144 valence electrons. The van der Waals surface area contributed by atoms with Crippen molar-refractivity contribution in [2.45, 2.75) is 11.1 Å². The van der Waals surface area contributed by atoms with Crippen LogP contribution in [0.25, 0.3) is 22.8 Å². The number of thiazole rings is 1. The molecule has 0 bridgehead atoms. The van der Waals surface area contributed by atoms with Gasteiger partial charge in [0.2, 0.25) is 0 Å². The molecule has 3 heterocycles. The summed E-state index contributed by atoms with van der Waals surface area (Å²) in [5, 5.41) is 20.7. The first-order valence-electron chi connectivity index (χ1n) is 8.66. The smallest absolute Gasteiger partial charge is 0.200 e. The van der Waals surface area contributed by atoms with E-state index in [-0.39, 0.29) is 11.5 Å². The maximum absolute atomic E-state index is 12.7. The van der Waals surface area contributed by atoms with Gasteiger partial charge in [-0.1, -0.05) is 42.1 Å². The van der Waals surface area contributed by atoms with Gasteiger partial charge in [-0.05, 0) is 12.1 Å². The highest BCUT2D eigenvalue weighted by molar-refractivity contribution is 7.99. The zero-order valence-electron chi connectivity index (χ0n) is 15.3. The second-order valence-corrected chi connectivity index (χ2v) is 7.93. The standard InChI is InChI=1S/C20H15N5O2S2/c1-25-18(17-8-5-9-27-17)23-24-20(25)29-12-16(26)14(10-21)19-22-15(11-28-19)13-6-3-2-4-7-13/h2-9,11,14H,12H2,1H3. The fourth-order valence-corrected chi connectivity index (χ4v) is 4.42. The van der Waals surface area contributed by atoms with E-state index in [1.807, 2.05) is 35.7 Å². The Hall–Kier alpha value is -3.22. The van der Waals surface area contributed by atoms with Crippen LogP contribution in [0, 0.1) is 11.3 Å². The number of nitrogens with zero attached hydrogens (tertiary/aromatic N) is 5. The van der Waals surface area contributed by atoms with Gasteiger partial charge in [0.05, 0.1) is 23.8 Å². The lowest BCUT2D eigenvalue weighted by atomic mass is 10.1. The summed E-state index contributed by atoms with van der Waals surface area (Å²) in [6.45, 7) is 0. The molecule has 1 atom stereocenters. The van der Waals surface area contributed by atoms with Crippen LogP contribution in [0.1, 0.15) is 10.9 Å². The average molecular weight is 422 g/mol. The molecule has 9 heteroatoms. The minimum atomic E-state index is -0.900. The van der Waals surface area contributed by atoms with Crippen molar-refractivity contribution in [3.8, 4) is 28.9 Å². The molecule has 0 aliphatic carbocycles. The van der Waals surface area contributed by atoms with Gasteiger partial charge in [-0.25, -0.2) is 4.98 Å². The number of benzene rings is 1. The van der Waals surface area contributed by atoms with Crippen molar-refractivity contribution in [2.24, 2.45) is 7.05 Å². The summed E-state index contributed by atoms with van der Waals surface area (Å²) in [5.41, 5.74) is 1.72. The van der Waals surface area contributed by atoms with Crippen LogP contribution in [-0.4, -0.2) is 31.3 Å². The van der Waals surface area contributed by atoms with Crippen LogP contribution in [-0.2, 0) is 11.8 Å². The van der Waals surface area contributed by atoms with Crippen LogP contribution in [0.4, 0.5) is 0 Å². The maximum atomic E-state index is 12.7. The van der Waals surface area contributed by atoms with Gasteiger partial charge in [0.1, 0.15) is 5.01 Å². The molecule has 0 radical (unpaired) electrons. The number of hydrogen-bond acceptors (Lipinski definition) is 8. The van der Waals surface area contributed by atoms with Gasteiger partial charge in [0.15, 0.2) is 28.4 Å². The van der Waals surface area contributed by atoms with E-state index in [4.69, 9.17) is 4.42 Å². The highest BCUT2D eigenvalue weighted by atomic mass is 32.2. The summed E-state index contributed by atoms with van der Waals surface area (Å²) in [6, 6.07) is 15.3. The van der Waals surface area contributed by atoms with E-state index in [0.717, 1.165) is 11.3 Å². The van der Waals surface area contributed by atoms with Crippen LogP contribution in [0.3, 0.4) is 0 Å². The van der Waals surface area contributed by atoms with Gasteiger partial charge in [0, 0.05) is 18.0 Å². The molecule has 0 aliphatic rings. The molecule has 0 amide bonds. The second kappa shape index (κ2) is 8.43. The number of hydrogen-bond donors (Lipinski definition) is 0. The van der Waals surface area contributed by atoms with Gasteiger partial charge in [-0.3, -0.25) is 4.79 Å². The highest BCUT2D eigenvalue weighted by Crippen LogP contribution is 2.29. The zero-order chi connectivity index (χ0) is 20.2. The van der Waals surface area contributed by atoms with Gasteiger partial charge in [-0.2, -0.15) is 5.26 Å². The number of aromatic nitrogens is 4. The number of thioether (sulfide) groups is 1. The number of carbonyl (C=O) groups excluding carboxylic acids is 1. The van der Waals surface area contributed by atoms with Crippen LogP contribution in [0.2, 0.25) is 0 Å². The number of Topliss-reactive ketones (excluding diaryl/α,β-unsaturated/α-hetero) is 1. The van der Waals surface area contributed by atoms with E-state index in [1.54, 1.807) is 30.0 Å². The molecule has 0 saturated carbocycles. The average Bonchev–Trinajstić information content (AvgIpc) is 3.49. The number of ketones is 1. The number of nitriles is 1. The van der Waals surface area contributed by atoms with E-state index in [0.29, 0.717) is 21.7 Å². The minimum absolute atomic E-state index is 0.0998. The van der Waals surface area contributed by atoms with Crippen LogP contribution < -0.4 is 0 Å². The normalized spacial score (nSPS) is 11.9. The summed E-state index contributed by atoms with van der Waals surface area (Å²) in [7, 11) is 1.80. The van der Waals surface area contributed by atoms with Crippen molar-refractivity contribution >= 4 is 28.9 Å². The molecule has 29 heavy (non-hydrogen) atoms. The Morgan fingerprint density at radius 1 is 1.28 bits per heavy atom. The maximum Gasteiger partial charge on any atom is 0.200 e. The molecule has 1 aromatic carbocycles. The summed E-state index contributed by atoms with van der Waals surface area (Å²) in [6.07, 6.45) is 1.57. The Morgan fingerprint density at radius 2 is 2.10 bits per heavy atom. The van der Waals surface area contributed by atoms with Gasteiger partial charge < -0.3 is 8.98 Å². The summed E-state index contributed by atoms with van der Waals surface area (Å²) in [5.74, 6) is 0.165. The third-order valence-corrected chi connectivity index (χ3v) is 6.16. The van der Waals surface area contributed by atoms with Crippen molar-refractivity contribution in [3.63, 3.8) is 0 Å². The molecule has 0 saturated heterocycles. The molecule has 4 aromatic rings. The Morgan fingerprint density at radius 3 is 2.83 bits per heavy atom. The molecule has 0 N–H and O–H groups in total. The topological polar surface area (TPSA) is 97.6 Å². The summed E-state index contributed by atoms with van der Waals surface area (Å²) < 4.78 is 7.10. The lowest BCUT2D eigenvalue weighted by Gasteiger charge is -2.05. The van der Waals surface area contributed by atoms with Crippen LogP contribution >= 0.6 is 23.1 Å². The lowest BCUT2D eigenvalue weighted by molar-refractivity contribution is -0.116. The Labute approximate surface area is 175 Å². The number of rotatable bonds is 7. The largest absolute Gasteiger partial charge is 0.461 e. The van der Waals surface area contributed by atoms with E-state index < -0.39 is 5.92 Å². The van der Waals surface area contributed by atoms with E-state index in [2.05, 4.69) is 21.3 Å². The molecule has 4 rings (SSSR count). The van der Waals surface area contributed by atoms with Crippen molar-refractivity contribution in [2.75, 3.05) is 5.75 Å². The molecule has 0 aliphatic heterocycles. The first-order chi connectivity index (χ1) is 14.2. The van der Waals surface area contributed by atoms with E-state index in [9.17, 15) is 10.1 Å². The lowest BCUT2D eigenvalue weighted by Crippen LogP contribution is -2.13. The SMILES string of the molecule is Cn1c(SCC(=O)C(C#N)c2nc(-c3ccccc3)cs2)nnc1-c1ccco1. The van der Waals surface area contributed by atoms with Crippen molar-refractivity contribution in [3.05, 3.63) is 59.1 Å². The Kier molecular flexibility index (Phi) is 5.55. The predicted octanol–water partition coefficient (Wildman–Crippen LogP) is 4.17. The third kappa shape index (κ3) is 3.99. The summed E-state index contributed by atoms with van der Waals surface area (Å²) in [4.78, 5) is 17.2. The highest BCUT2D eigenvalue weighted by Gasteiger charge is 2.25. The van der Waals surface area contributed by atoms with Gasteiger partial charge in [-0.15, -0.1) is 21.5 Å². The Balaban J connectivity index is 1.45. The monoisotopic (exact) mass is 421 g/mol. The quantitative estimate of drug-likeness (QED) is 0.413. The van der Waals surface area contributed by atoms with E-state index in [1.165, 1.54) is 23.1 Å². The third-order valence-electron chi connectivity index (χ3n) is 4.21. The fraction of sp³-hybridized carbons (Fsp3) is 0.150. The second-order valence-electron chi connectivity index (χ2n) is 6.10. The molecule has 7 nitrogen and oxygen atoms in total. The van der Waals surface area contributed by atoms with Gasteiger partial charge in [0.25, 0.3) is 0 Å². The van der Waals surface area contributed by atoms with Crippen molar-refractivity contribution in [1.82, 2.24) is 19.7 Å². The van der Waals surface area contributed by atoms with Crippen molar-refractivity contribution in [1.29, 1.82) is 5.26 Å². The number of carbonyl (C=O) groups is 1. The van der Waals surface area contributed by atoms with Crippen molar-refractivity contribution < 1.29 is 9.21 Å². The molecular formula is C20H15N5O2S2.